The molecule has 0 spiro atoms. The van der Waals surface area contributed by atoms with E-state index in [0.29, 0.717) is 24.8 Å². The number of hydrogen-bond donors (Lipinski definition) is 2. The summed E-state index contributed by atoms with van der Waals surface area (Å²) in [6, 6.07) is 1.47. The van der Waals surface area contributed by atoms with Crippen LogP contribution in [0.15, 0.2) is 12.3 Å². The fourth-order valence-corrected chi connectivity index (χ4v) is 1.67. The largest absolute Gasteiger partial charge is 0.477 e. The first kappa shape index (κ1) is 11.7. The van der Waals surface area contributed by atoms with Gasteiger partial charge in [-0.2, -0.15) is 0 Å². The fourth-order valence-electron chi connectivity index (χ4n) is 1.67. The lowest BCUT2D eigenvalue weighted by Crippen LogP contribution is -2.17. The zero-order chi connectivity index (χ0) is 12.3. The number of aromatic nitrogens is 1. The zero-order valence-electron chi connectivity index (χ0n) is 9.39. The van der Waals surface area contributed by atoms with E-state index in [2.05, 4.69) is 4.98 Å². The average molecular weight is 237 g/mol. The van der Waals surface area contributed by atoms with Crippen molar-refractivity contribution in [2.24, 2.45) is 11.7 Å². The van der Waals surface area contributed by atoms with Crippen LogP contribution in [-0.4, -0.2) is 30.7 Å². The summed E-state index contributed by atoms with van der Waals surface area (Å²) < 4.78 is 10.7. The number of hydrogen-bond acceptors (Lipinski definition) is 5. The number of amides is 1. The molecule has 2 heterocycles. The van der Waals surface area contributed by atoms with Crippen molar-refractivity contribution in [3.05, 3.63) is 17.8 Å². The number of rotatable bonds is 4. The van der Waals surface area contributed by atoms with Gasteiger partial charge in [0.15, 0.2) is 0 Å². The number of carbonyl (C=O) groups is 1. The van der Waals surface area contributed by atoms with Gasteiger partial charge in [0.25, 0.3) is 5.91 Å². The summed E-state index contributed by atoms with van der Waals surface area (Å²) in [6.07, 6.45) is 2.40. The molecule has 0 aliphatic carbocycles. The van der Waals surface area contributed by atoms with Crippen molar-refractivity contribution in [3.63, 3.8) is 0 Å². The number of nitrogen functional groups attached to an aromatic ring is 1. The van der Waals surface area contributed by atoms with Crippen LogP contribution in [0.5, 0.6) is 5.88 Å². The number of pyridine rings is 1. The van der Waals surface area contributed by atoms with Gasteiger partial charge >= 0.3 is 0 Å². The van der Waals surface area contributed by atoms with E-state index in [-0.39, 0.29) is 11.4 Å². The van der Waals surface area contributed by atoms with Crippen molar-refractivity contribution >= 4 is 11.6 Å². The molecule has 92 valence electrons. The molecule has 1 amide bonds. The molecule has 1 aromatic rings. The number of nitrogens with two attached hydrogens (primary N) is 2. The molecule has 1 atom stereocenters. The van der Waals surface area contributed by atoms with Crippen molar-refractivity contribution in [2.45, 2.75) is 6.42 Å². The molecule has 1 aromatic heterocycles. The highest BCUT2D eigenvalue weighted by molar-refractivity contribution is 5.95. The van der Waals surface area contributed by atoms with Crippen molar-refractivity contribution in [3.8, 4) is 5.88 Å². The van der Waals surface area contributed by atoms with Gasteiger partial charge in [-0.1, -0.05) is 0 Å². The van der Waals surface area contributed by atoms with Crippen LogP contribution in [0.25, 0.3) is 0 Å². The van der Waals surface area contributed by atoms with Gasteiger partial charge < -0.3 is 20.9 Å². The molecular formula is C11H15N3O3. The van der Waals surface area contributed by atoms with Crippen LogP contribution in [0.3, 0.4) is 0 Å². The normalized spacial score (nSPS) is 19.2. The number of nitrogens with zero attached hydrogens (tertiary/aromatic N) is 1. The van der Waals surface area contributed by atoms with Crippen LogP contribution in [0, 0.1) is 5.92 Å². The number of anilines is 1. The molecule has 0 bridgehead atoms. The zero-order valence-corrected chi connectivity index (χ0v) is 9.39. The maximum Gasteiger partial charge on any atom is 0.254 e. The smallest absolute Gasteiger partial charge is 0.254 e. The van der Waals surface area contributed by atoms with Gasteiger partial charge in [-0.25, -0.2) is 4.98 Å². The second kappa shape index (κ2) is 5.01. The summed E-state index contributed by atoms with van der Waals surface area (Å²) in [6.45, 7) is 1.91. The monoisotopic (exact) mass is 237 g/mol. The third kappa shape index (κ3) is 2.85. The summed E-state index contributed by atoms with van der Waals surface area (Å²) in [7, 11) is 0. The molecule has 2 rings (SSSR count). The van der Waals surface area contributed by atoms with Gasteiger partial charge in [-0.05, 0) is 12.5 Å². The Bertz CT molecular complexity index is 416. The standard InChI is InChI=1S/C11H15N3O3/c12-8-3-9(10(13)15)11(14-4-8)17-6-7-1-2-16-5-7/h3-4,7H,1-2,5-6,12H2,(H2,13,15). The predicted octanol–water partition coefficient (Wildman–Crippen LogP) is 0.178. The maximum atomic E-state index is 11.2. The van der Waals surface area contributed by atoms with Crippen LogP contribution in [0.2, 0.25) is 0 Å². The highest BCUT2D eigenvalue weighted by atomic mass is 16.5. The van der Waals surface area contributed by atoms with Crippen LogP contribution < -0.4 is 16.2 Å². The van der Waals surface area contributed by atoms with Gasteiger partial charge in [-0.3, -0.25) is 4.79 Å². The Balaban J connectivity index is 2.06. The lowest BCUT2D eigenvalue weighted by Gasteiger charge is -2.11. The molecule has 6 nitrogen and oxygen atoms in total. The summed E-state index contributed by atoms with van der Waals surface area (Å²) in [5.74, 6) is -0.0175. The average Bonchev–Trinajstić information content (AvgIpc) is 2.80. The maximum absolute atomic E-state index is 11.2. The molecule has 0 radical (unpaired) electrons. The van der Waals surface area contributed by atoms with Gasteiger partial charge in [0, 0.05) is 12.5 Å². The summed E-state index contributed by atoms with van der Waals surface area (Å²) in [5, 5.41) is 0. The van der Waals surface area contributed by atoms with Crippen molar-refractivity contribution in [1.29, 1.82) is 0 Å². The SMILES string of the molecule is NC(=O)c1cc(N)cnc1OCC1CCOC1. The van der Waals surface area contributed by atoms with Gasteiger partial charge in [0.1, 0.15) is 5.56 Å². The van der Waals surface area contributed by atoms with E-state index in [1.165, 1.54) is 12.3 Å². The Morgan fingerprint density at radius 3 is 3.12 bits per heavy atom. The van der Waals surface area contributed by atoms with Crippen molar-refractivity contribution < 1.29 is 14.3 Å². The lowest BCUT2D eigenvalue weighted by molar-refractivity contribution is 0.0993. The quantitative estimate of drug-likeness (QED) is 0.777. The Morgan fingerprint density at radius 2 is 2.47 bits per heavy atom. The minimum Gasteiger partial charge on any atom is -0.477 e. The third-order valence-corrected chi connectivity index (χ3v) is 2.62. The molecule has 17 heavy (non-hydrogen) atoms. The summed E-state index contributed by atoms with van der Waals surface area (Å²) in [4.78, 5) is 15.2. The fraction of sp³-hybridized carbons (Fsp3) is 0.455. The molecule has 1 saturated heterocycles. The molecule has 1 aliphatic heterocycles. The summed E-state index contributed by atoms with van der Waals surface area (Å²) in [5.41, 5.74) is 11.4. The second-order valence-corrected chi connectivity index (χ2v) is 4.03. The molecule has 0 aromatic carbocycles. The molecular weight excluding hydrogens is 222 g/mol. The number of carbonyl (C=O) groups excluding carboxylic acids is 1. The van der Waals surface area contributed by atoms with E-state index in [0.717, 1.165) is 13.0 Å². The molecule has 6 heteroatoms. The Kier molecular flexibility index (Phi) is 3.43. The number of primary amides is 1. The first-order valence-electron chi connectivity index (χ1n) is 5.42. The topological polar surface area (TPSA) is 100 Å². The third-order valence-electron chi connectivity index (χ3n) is 2.62. The number of ether oxygens (including phenoxy) is 2. The van der Waals surface area contributed by atoms with Crippen LogP contribution in [0.1, 0.15) is 16.8 Å². The minimum absolute atomic E-state index is 0.212. The van der Waals surface area contributed by atoms with Crippen molar-refractivity contribution in [2.75, 3.05) is 25.6 Å². The molecule has 4 N–H and O–H groups in total. The second-order valence-electron chi connectivity index (χ2n) is 4.03. The van der Waals surface area contributed by atoms with E-state index in [1.807, 2.05) is 0 Å². The first-order chi connectivity index (χ1) is 8.16. The molecule has 1 fully saturated rings. The molecule has 1 aliphatic rings. The van der Waals surface area contributed by atoms with Crippen LogP contribution in [-0.2, 0) is 4.74 Å². The predicted molar refractivity (Wildman–Crippen MR) is 61.6 cm³/mol. The highest BCUT2D eigenvalue weighted by Gasteiger charge is 2.18. The van der Waals surface area contributed by atoms with E-state index in [1.54, 1.807) is 0 Å². The van der Waals surface area contributed by atoms with Crippen LogP contribution in [0.4, 0.5) is 5.69 Å². The van der Waals surface area contributed by atoms with E-state index in [9.17, 15) is 4.79 Å². The van der Waals surface area contributed by atoms with E-state index < -0.39 is 5.91 Å². The highest BCUT2D eigenvalue weighted by Crippen LogP contribution is 2.20. The molecule has 0 saturated carbocycles. The van der Waals surface area contributed by atoms with Gasteiger partial charge in [0.2, 0.25) is 5.88 Å². The van der Waals surface area contributed by atoms with Gasteiger partial charge in [0.05, 0.1) is 25.1 Å². The Hall–Kier alpha value is -1.82. The van der Waals surface area contributed by atoms with E-state index >= 15 is 0 Å². The summed E-state index contributed by atoms with van der Waals surface area (Å²) >= 11 is 0. The van der Waals surface area contributed by atoms with Gasteiger partial charge in [-0.15, -0.1) is 0 Å². The van der Waals surface area contributed by atoms with E-state index in [4.69, 9.17) is 20.9 Å². The van der Waals surface area contributed by atoms with Crippen molar-refractivity contribution in [1.82, 2.24) is 4.98 Å². The Morgan fingerprint density at radius 1 is 1.65 bits per heavy atom. The molecule has 1 unspecified atom stereocenters. The first-order valence-corrected chi connectivity index (χ1v) is 5.42. The Labute approximate surface area is 98.9 Å². The lowest BCUT2D eigenvalue weighted by atomic mass is 10.1. The minimum atomic E-state index is -0.595. The van der Waals surface area contributed by atoms with Crippen LogP contribution >= 0.6 is 0 Å².